The van der Waals surface area contributed by atoms with Crippen LogP contribution in [0, 0.1) is 0 Å². The predicted molar refractivity (Wildman–Crippen MR) is 137 cm³/mol. The van der Waals surface area contributed by atoms with Gasteiger partial charge >= 0.3 is 0 Å². The molecule has 0 atom stereocenters. The average molecular weight is 492 g/mol. The molecule has 9 heteroatoms. The molecular formula is C26H29N5O3S. The molecular weight excluding hydrogens is 462 g/mol. The fraction of sp³-hybridized carbons (Fsp3) is 0.308. The highest BCUT2D eigenvalue weighted by Gasteiger charge is 2.12. The van der Waals surface area contributed by atoms with Gasteiger partial charge in [0.2, 0.25) is 10.0 Å². The van der Waals surface area contributed by atoms with Crippen LogP contribution in [0.2, 0.25) is 0 Å². The molecule has 5 rings (SSSR count). The second-order valence-electron chi connectivity index (χ2n) is 8.88. The molecule has 0 aliphatic carbocycles. The Morgan fingerprint density at radius 1 is 0.971 bits per heavy atom. The van der Waals surface area contributed by atoms with Crippen LogP contribution in [-0.4, -0.2) is 60.4 Å². The van der Waals surface area contributed by atoms with Gasteiger partial charge in [0, 0.05) is 24.2 Å². The van der Waals surface area contributed by atoms with Gasteiger partial charge in [0.05, 0.1) is 11.9 Å². The Kier molecular flexibility index (Phi) is 6.70. The molecule has 3 heterocycles. The third kappa shape index (κ3) is 5.98. The fourth-order valence-electron chi connectivity index (χ4n) is 4.35. The van der Waals surface area contributed by atoms with E-state index in [0.717, 1.165) is 46.8 Å². The molecule has 8 nitrogen and oxygen atoms in total. The van der Waals surface area contributed by atoms with Crippen molar-refractivity contribution in [1.29, 1.82) is 0 Å². The van der Waals surface area contributed by atoms with Crippen LogP contribution in [0.4, 0.5) is 5.69 Å². The summed E-state index contributed by atoms with van der Waals surface area (Å²) in [5.41, 5.74) is 4.20. The summed E-state index contributed by atoms with van der Waals surface area (Å²) < 4.78 is 33.1. The van der Waals surface area contributed by atoms with Crippen molar-refractivity contribution >= 4 is 21.4 Å². The highest BCUT2D eigenvalue weighted by Crippen LogP contribution is 2.23. The highest BCUT2D eigenvalue weighted by atomic mass is 32.2. The van der Waals surface area contributed by atoms with E-state index in [-0.39, 0.29) is 0 Å². The first kappa shape index (κ1) is 23.3. The molecule has 1 aliphatic heterocycles. The van der Waals surface area contributed by atoms with Gasteiger partial charge in [0.1, 0.15) is 12.4 Å². The van der Waals surface area contributed by atoms with Crippen molar-refractivity contribution in [3.05, 3.63) is 78.1 Å². The van der Waals surface area contributed by atoms with E-state index >= 15 is 0 Å². The van der Waals surface area contributed by atoms with E-state index in [9.17, 15) is 8.42 Å². The van der Waals surface area contributed by atoms with Crippen molar-refractivity contribution in [3.8, 4) is 17.0 Å². The Labute approximate surface area is 205 Å². The number of fused-ring (bicyclic) bond motifs is 1. The number of anilines is 1. The molecule has 2 aromatic carbocycles. The maximum Gasteiger partial charge on any atom is 0.229 e. The third-order valence-electron chi connectivity index (χ3n) is 6.05. The van der Waals surface area contributed by atoms with Gasteiger partial charge in [-0.1, -0.05) is 30.3 Å². The largest absolute Gasteiger partial charge is 0.492 e. The number of aromatic nitrogens is 3. The molecule has 35 heavy (non-hydrogen) atoms. The quantitative estimate of drug-likeness (QED) is 0.383. The minimum Gasteiger partial charge on any atom is -0.492 e. The highest BCUT2D eigenvalue weighted by molar-refractivity contribution is 7.92. The van der Waals surface area contributed by atoms with E-state index in [1.165, 1.54) is 25.9 Å². The standard InChI is InChI=1S/C26H29N5O3S/c1-35(32,33)29-22-11-9-21(10-12-22)24-5-4-6-26-27-25(28-31(24)26)19-20-7-13-23(14-8-20)34-18-17-30-15-2-3-16-30/h4-14,29H,2-3,15-19H2,1H3. The number of ether oxygens (including phenoxy) is 1. The summed E-state index contributed by atoms with van der Waals surface area (Å²) in [6.07, 6.45) is 4.34. The van der Waals surface area contributed by atoms with Crippen LogP contribution in [0.3, 0.4) is 0 Å². The summed E-state index contributed by atoms with van der Waals surface area (Å²) in [5, 5.41) is 4.74. The maximum absolute atomic E-state index is 11.5. The Balaban J connectivity index is 1.26. The van der Waals surface area contributed by atoms with Gasteiger partial charge in [-0.3, -0.25) is 9.62 Å². The molecule has 0 bridgehead atoms. The number of benzene rings is 2. The fourth-order valence-corrected chi connectivity index (χ4v) is 4.92. The predicted octanol–water partition coefficient (Wildman–Crippen LogP) is 3.83. The summed E-state index contributed by atoms with van der Waals surface area (Å²) >= 11 is 0. The summed E-state index contributed by atoms with van der Waals surface area (Å²) in [4.78, 5) is 7.14. The maximum atomic E-state index is 11.5. The minimum absolute atomic E-state index is 0.520. The molecule has 0 radical (unpaired) electrons. The van der Waals surface area contributed by atoms with Crippen molar-refractivity contribution in [2.75, 3.05) is 37.2 Å². The van der Waals surface area contributed by atoms with E-state index in [1.807, 2.05) is 47.0 Å². The molecule has 1 fully saturated rings. The Morgan fingerprint density at radius 3 is 2.43 bits per heavy atom. The normalized spacial score (nSPS) is 14.4. The van der Waals surface area contributed by atoms with Crippen LogP contribution in [-0.2, 0) is 16.4 Å². The van der Waals surface area contributed by atoms with Gasteiger partial charge in [-0.15, -0.1) is 0 Å². The van der Waals surface area contributed by atoms with Gasteiger partial charge in [-0.2, -0.15) is 5.10 Å². The number of likely N-dealkylation sites (tertiary alicyclic amines) is 1. The molecule has 1 saturated heterocycles. The lowest BCUT2D eigenvalue weighted by atomic mass is 10.1. The Bertz CT molecular complexity index is 1390. The third-order valence-corrected chi connectivity index (χ3v) is 6.65. The lowest BCUT2D eigenvalue weighted by Gasteiger charge is -2.14. The van der Waals surface area contributed by atoms with Crippen molar-refractivity contribution in [2.24, 2.45) is 0 Å². The smallest absolute Gasteiger partial charge is 0.229 e. The van der Waals surface area contributed by atoms with Gasteiger partial charge in [0.15, 0.2) is 11.5 Å². The molecule has 0 amide bonds. The van der Waals surface area contributed by atoms with E-state index in [2.05, 4.69) is 21.8 Å². The molecule has 4 aromatic rings. The van der Waals surface area contributed by atoms with Gasteiger partial charge in [-0.25, -0.2) is 17.9 Å². The molecule has 0 unspecified atom stereocenters. The van der Waals surface area contributed by atoms with Crippen molar-refractivity contribution in [2.45, 2.75) is 19.3 Å². The average Bonchev–Trinajstić information content (AvgIpc) is 3.49. The van der Waals surface area contributed by atoms with Crippen LogP contribution >= 0.6 is 0 Å². The summed E-state index contributed by atoms with van der Waals surface area (Å²) in [6.45, 7) is 4.05. The van der Waals surface area contributed by atoms with E-state index in [4.69, 9.17) is 14.8 Å². The number of nitrogens with one attached hydrogen (secondary N) is 1. The number of rotatable bonds is 9. The zero-order chi connectivity index (χ0) is 24.3. The lowest BCUT2D eigenvalue weighted by Crippen LogP contribution is -2.25. The second kappa shape index (κ2) is 10.1. The SMILES string of the molecule is CS(=O)(=O)Nc1ccc(-c2cccc3nc(Cc4ccc(OCCN5CCCC5)cc4)nn23)cc1. The zero-order valence-electron chi connectivity index (χ0n) is 19.7. The van der Waals surface area contributed by atoms with E-state index in [1.54, 1.807) is 12.1 Å². The Hall–Kier alpha value is -3.43. The summed E-state index contributed by atoms with van der Waals surface area (Å²) in [6, 6.07) is 21.2. The van der Waals surface area contributed by atoms with Crippen molar-refractivity contribution < 1.29 is 13.2 Å². The van der Waals surface area contributed by atoms with Crippen molar-refractivity contribution in [1.82, 2.24) is 19.5 Å². The Morgan fingerprint density at radius 2 is 1.71 bits per heavy atom. The summed E-state index contributed by atoms with van der Waals surface area (Å²) in [7, 11) is -3.31. The molecule has 182 valence electrons. The van der Waals surface area contributed by atoms with Crippen LogP contribution in [0.25, 0.3) is 16.9 Å². The number of nitrogens with zero attached hydrogens (tertiary/aromatic N) is 4. The number of hydrogen-bond acceptors (Lipinski definition) is 6. The van der Waals surface area contributed by atoms with Gasteiger partial charge < -0.3 is 4.74 Å². The first-order valence-corrected chi connectivity index (χ1v) is 13.7. The van der Waals surface area contributed by atoms with Gasteiger partial charge in [-0.05, 0) is 67.9 Å². The first-order chi connectivity index (χ1) is 16.9. The topological polar surface area (TPSA) is 88.8 Å². The number of sulfonamides is 1. The first-order valence-electron chi connectivity index (χ1n) is 11.8. The van der Waals surface area contributed by atoms with Crippen LogP contribution < -0.4 is 9.46 Å². The monoisotopic (exact) mass is 491 g/mol. The number of pyridine rings is 1. The molecule has 2 aromatic heterocycles. The van der Waals surface area contributed by atoms with Crippen LogP contribution in [0.1, 0.15) is 24.2 Å². The lowest BCUT2D eigenvalue weighted by molar-refractivity contribution is 0.238. The van der Waals surface area contributed by atoms with Crippen molar-refractivity contribution in [3.63, 3.8) is 0 Å². The van der Waals surface area contributed by atoms with E-state index in [0.29, 0.717) is 18.7 Å². The molecule has 1 aliphatic rings. The number of hydrogen-bond donors (Lipinski definition) is 1. The zero-order valence-corrected chi connectivity index (χ0v) is 20.5. The summed E-state index contributed by atoms with van der Waals surface area (Å²) in [5.74, 6) is 1.61. The van der Waals surface area contributed by atoms with Gasteiger partial charge in [0.25, 0.3) is 0 Å². The van der Waals surface area contributed by atoms with E-state index < -0.39 is 10.0 Å². The molecule has 1 N–H and O–H groups in total. The minimum atomic E-state index is -3.31. The van der Waals surface area contributed by atoms with Crippen LogP contribution in [0.5, 0.6) is 5.75 Å². The molecule has 0 saturated carbocycles. The van der Waals surface area contributed by atoms with Crippen LogP contribution in [0.15, 0.2) is 66.7 Å². The molecule has 0 spiro atoms. The second-order valence-corrected chi connectivity index (χ2v) is 10.6.